The van der Waals surface area contributed by atoms with Crippen LogP contribution in [0.25, 0.3) is 0 Å². The van der Waals surface area contributed by atoms with Crippen molar-refractivity contribution in [1.29, 1.82) is 0 Å². The van der Waals surface area contributed by atoms with E-state index >= 15 is 0 Å². The van der Waals surface area contributed by atoms with E-state index in [1.807, 2.05) is 23.6 Å². The van der Waals surface area contributed by atoms with Crippen molar-refractivity contribution in [2.24, 2.45) is 0 Å². The number of ether oxygens (including phenoxy) is 1. The molecule has 1 N–H and O–H groups in total. The zero-order valence-corrected chi connectivity index (χ0v) is 10.6. The average Bonchev–Trinajstić information content (AvgIpc) is 2.83. The van der Waals surface area contributed by atoms with Crippen molar-refractivity contribution in [3.63, 3.8) is 0 Å². The van der Waals surface area contributed by atoms with Gasteiger partial charge in [0.25, 0.3) is 0 Å². The SMILES string of the molecule is CC(COCc1ccccc1)Nc1nccs1. The topological polar surface area (TPSA) is 34.1 Å². The van der Waals surface area contributed by atoms with E-state index in [1.165, 1.54) is 5.56 Å². The summed E-state index contributed by atoms with van der Waals surface area (Å²) < 4.78 is 5.64. The summed E-state index contributed by atoms with van der Waals surface area (Å²) in [6.07, 6.45) is 1.80. The smallest absolute Gasteiger partial charge is 0.182 e. The van der Waals surface area contributed by atoms with Crippen molar-refractivity contribution in [3.8, 4) is 0 Å². The van der Waals surface area contributed by atoms with Gasteiger partial charge in [0, 0.05) is 17.6 Å². The molecule has 90 valence electrons. The van der Waals surface area contributed by atoms with Crippen LogP contribution in [0.15, 0.2) is 41.9 Å². The summed E-state index contributed by atoms with van der Waals surface area (Å²) in [5.74, 6) is 0. The lowest BCUT2D eigenvalue weighted by Crippen LogP contribution is -2.21. The number of hydrogen-bond donors (Lipinski definition) is 1. The van der Waals surface area contributed by atoms with E-state index in [9.17, 15) is 0 Å². The van der Waals surface area contributed by atoms with Gasteiger partial charge in [-0.1, -0.05) is 30.3 Å². The number of nitrogens with one attached hydrogen (secondary N) is 1. The van der Waals surface area contributed by atoms with Gasteiger partial charge in [-0.15, -0.1) is 11.3 Å². The highest BCUT2D eigenvalue weighted by molar-refractivity contribution is 7.13. The number of aromatic nitrogens is 1. The first-order chi connectivity index (χ1) is 8.34. The van der Waals surface area contributed by atoms with Gasteiger partial charge in [-0.2, -0.15) is 0 Å². The highest BCUT2D eigenvalue weighted by Crippen LogP contribution is 2.11. The first kappa shape index (κ1) is 12.1. The van der Waals surface area contributed by atoms with Crippen molar-refractivity contribution in [1.82, 2.24) is 4.98 Å². The van der Waals surface area contributed by atoms with Crippen LogP contribution < -0.4 is 5.32 Å². The van der Waals surface area contributed by atoms with Crippen LogP contribution in [0.1, 0.15) is 12.5 Å². The van der Waals surface area contributed by atoms with Crippen molar-refractivity contribution in [3.05, 3.63) is 47.5 Å². The van der Waals surface area contributed by atoms with Crippen LogP contribution in [0.2, 0.25) is 0 Å². The quantitative estimate of drug-likeness (QED) is 0.852. The molecule has 17 heavy (non-hydrogen) atoms. The predicted octanol–water partition coefficient (Wildman–Crippen LogP) is 3.16. The molecule has 0 aliphatic rings. The third-order valence-corrected chi connectivity index (χ3v) is 2.99. The molecule has 1 aromatic heterocycles. The molecule has 1 unspecified atom stereocenters. The number of thiazole rings is 1. The van der Waals surface area contributed by atoms with E-state index in [0.29, 0.717) is 13.2 Å². The highest BCUT2D eigenvalue weighted by atomic mass is 32.1. The molecule has 0 aliphatic carbocycles. The van der Waals surface area contributed by atoms with Crippen LogP contribution in [-0.2, 0) is 11.3 Å². The van der Waals surface area contributed by atoms with Gasteiger partial charge in [0.1, 0.15) is 0 Å². The molecule has 0 spiro atoms. The first-order valence-electron chi connectivity index (χ1n) is 5.62. The summed E-state index contributed by atoms with van der Waals surface area (Å²) in [7, 11) is 0. The highest BCUT2D eigenvalue weighted by Gasteiger charge is 2.03. The molecule has 1 atom stereocenters. The average molecular weight is 248 g/mol. The monoisotopic (exact) mass is 248 g/mol. The maximum absolute atomic E-state index is 5.64. The largest absolute Gasteiger partial charge is 0.375 e. The fraction of sp³-hybridized carbons (Fsp3) is 0.308. The van der Waals surface area contributed by atoms with Crippen molar-refractivity contribution >= 4 is 16.5 Å². The summed E-state index contributed by atoms with van der Waals surface area (Å²) in [4.78, 5) is 4.17. The second kappa shape index (κ2) is 6.37. The van der Waals surface area contributed by atoms with E-state index in [2.05, 4.69) is 29.4 Å². The minimum Gasteiger partial charge on any atom is -0.375 e. The fourth-order valence-electron chi connectivity index (χ4n) is 1.47. The summed E-state index contributed by atoms with van der Waals surface area (Å²) in [6, 6.07) is 10.5. The normalized spacial score (nSPS) is 12.3. The molecular weight excluding hydrogens is 232 g/mol. The molecule has 1 heterocycles. The third-order valence-electron chi connectivity index (χ3n) is 2.28. The van der Waals surface area contributed by atoms with Crippen molar-refractivity contribution < 1.29 is 4.74 Å². The van der Waals surface area contributed by atoms with E-state index in [4.69, 9.17) is 4.74 Å². The molecule has 2 rings (SSSR count). The minimum absolute atomic E-state index is 0.268. The molecular formula is C13H16N2OS. The first-order valence-corrected chi connectivity index (χ1v) is 6.50. The van der Waals surface area contributed by atoms with Gasteiger partial charge in [0.2, 0.25) is 0 Å². The summed E-state index contributed by atoms with van der Waals surface area (Å²) in [6.45, 7) is 3.42. The van der Waals surface area contributed by atoms with E-state index in [1.54, 1.807) is 17.5 Å². The molecule has 0 saturated heterocycles. The van der Waals surface area contributed by atoms with Crippen LogP contribution in [0.5, 0.6) is 0 Å². The summed E-state index contributed by atoms with van der Waals surface area (Å²) in [5.41, 5.74) is 1.20. The molecule has 0 bridgehead atoms. The Morgan fingerprint density at radius 3 is 2.88 bits per heavy atom. The van der Waals surface area contributed by atoms with Gasteiger partial charge in [0.05, 0.1) is 13.2 Å². The Balaban J connectivity index is 1.68. The molecule has 0 aliphatic heterocycles. The number of hydrogen-bond acceptors (Lipinski definition) is 4. The number of rotatable bonds is 6. The van der Waals surface area contributed by atoms with E-state index in [0.717, 1.165) is 5.13 Å². The van der Waals surface area contributed by atoms with Crippen molar-refractivity contribution in [2.45, 2.75) is 19.6 Å². The Bertz CT molecular complexity index is 416. The predicted molar refractivity (Wildman–Crippen MR) is 71.3 cm³/mol. The van der Waals surface area contributed by atoms with Crippen LogP contribution in [-0.4, -0.2) is 17.6 Å². The Morgan fingerprint density at radius 2 is 2.18 bits per heavy atom. The Morgan fingerprint density at radius 1 is 1.35 bits per heavy atom. The fourth-order valence-corrected chi connectivity index (χ4v) is 2.12. The van der Waals surface area contributed by atoms with Gasteiger partial charge in [-0.25, -0.2) is 4.98 Å². The Labute approximate surface area is 105 Å². The van der Waals surface area contributed by atoms with Gasteiger partial charge < -0.3 is 10.1 Å². The van der Waals surface area contributed by atoms with Gasteiger partial charge in [-0.05, 0) is 12.5 Å². The molecule has 0 saturated carbocycles. The molecule has 0 amide bonds. The molecule has 3 nitrogen and oxygen atoms in total. The molecule has 1 aromatic carbocycles. The lowest BCUT2D eigenvalue weighted by Gasteiger charge is -2.13. The van der Waals surface area contributed by atoms with E-state index in [-0.39, 0.29) is 6.04 Å². The van der Waals surface area contributed by atoms with Gasteiger partial charge in [-0.3, -0.25) is 0 Å². The van der Waals surface area contributed by atoms with Crippen molar-refractivity contribution in [2.75, 3.05) is 11.9 Å². The third kappa shape index (κ3) is 4.17. The lowest BCUT2D eigenvalue weighted by molar-refractivity contribution is 0.115. The molecule has 4 heteroatoms. The minimum atomic E-state index is 0.268. The lowest BCUT2D eigenvalue weighted by atomic mass is 10.2. The summed E-state index contributed by atoms with van der Waals surface area (Å²) in [5, 5.41) is 6.19. The van der Waals surface area contributed by atoms with Crippen LogP contribution in [0.4, 0.5) is 5.13 Å². The zero-order valence-electron chi connectivity index (χ0n) is 9.80. The molecule has 0 fully saturated rings. The number of anilines is 1. The second-order valence-electron chi connectivity index (χ2n) is 3.88. The summed E-state index contributed by atoms with van der Waals surface area (Å²) >= 11 is 1.60. The maximum Gasteiger partial charge on any atom is 0.182 e. The Kier molecular flexibility index (Phi) is 4.53. The van der Waals surface area contributed by atoms with Crippen LogP contribution >= 0.6 is 11.3 Å². The second-order valence-corrected chi connectivity index (χ2v) is 4.78. The maximum atomic E-state index is 5.64. The standard InChI is InChI=1S/C13H16N2OS/c1-11(15-13-14-7-8-17-13)9-16-10-12-5-3-2-4-6-12/h2-8,11H,9-10H2,1H3,(H,14,15). The van der Waals surface area contributed by atoms with Crippen LogP contribution in [0.3, 0.4) is 0 Å². The molecule has 0 radical (unpaired) electrons. The van der Waals surface area contributed by atoms with Gasteiger partial charge >= 0.3 is 0 Å². The Hall–Kier alpha value is -1.39. The number of benzene rings is 1. The van der Waals surface area contributed by atoms with E-state index < -0.39 is 0 Å². The van der Waals surface area contributed by atoms with Gasteiger partial charge in [0.15, 0.2) is 5.13 Å². The molecule has 2 aromatic rings. The van der Waals surface area contributed by atoms with Crippen LogP contribution in [0, 0.1) is 0 Å². The zero-order chi connectivity index (χ0) is 11.9. The number of nitrogens with zero attached hydrogens (tertiary/aromatic N) is 1.